The van der Waals surface area contributed by atoms with Gasteiger partial charge in [-0.05, 0) is 29.8 Å². The van der Waals surface area contributed by atoms with Crippen LogP contribution in [0.1, 0.15) is 27.9 Å². The number of fused-ring (bicyclic) bond motifs is 1. The second-order valence-corrected chi connectivity index (χ2v) is 7.11. The van der Waals surface area contributed by atoms with E-state index in [1.54, 1.807) is 48.7 Å². The first-order valence-electron chi connectivity index (χ1n) is 8.81. The highest BCUT2D eigenvalue weighted by Crippen LogP contribution is 2.43. The lowest BCUT2D eigenvalue weighted by molar-refractivity contribution is -0.136. The molecule has 1 atom stereocenters. The van der Waals surface area contributed by atoms with Gasteiger partial charge in [0.05, 0.1) is 18.7 Å². The van der Waals surface area contributed by atoms with Crippen molar-refractivity contribution in [2.45, 2.75) is 18.6 Å². The molecular formula is C22H17ClN2O3. The number of rotatable bonds is 5. The predicted octanol–water partition coefficient (Wildman–Crippen LogP) is 3.74. The lowest BCUT2D eigenvalue weighted by Crippen LogP contribution is -2.41. The molecule has 28 heavy (non-hydrogen) atoms. The Hall–Kier alpha value is -3.02. The molecule has 0 bridgehead atoms. The Kier molecular flexibility index (Phi) is 4.71. The van der Waals surface area contributed by atoms with Crippen LogP contribution in [0.2, 0.25) is 5.02 Å². The minimum Gasteiger partial charge on any atom is -0.375 e. The maximum Gasteiger partial charge on any atom is 0.264 e. The van der Waals surface area contributed by atoms with Crippen molar-refractivity contribution in [3.63, 3.8) is 0 Å². The summed E-state index contributed by atoms with van der Waals surface area (Å²) in [5.41, 5.74) is 0.184. The summed E-state index contributed by atoms with van der Waals surface area (Å²) in [6.07, 6.45) is 2.64. The fraction of sp³-hybridized carbons (Fsp3) is 0.136. The quantitative estimate of drug-likeness (QED) is 0.671. The second-order valence-electron chi connectivity index (χ2n) is 6.70. The molecule has 1 aliphatic rings. The van der Waals surface area contributed by atoms with Crippen LogP contribution in [0.25, 0.3) is 0 Å². The molecule has 4 rings (SSSR count). The van der Waals surface area contributed by atoms with Crippen LogP contribution in [0.4, 0.5) is 5.69 Å². The minimum atomic E-state index is -1.93. The number of aromatic nitrogens is 1. The second kappa shape index (κ2) is 7.19. The standard InChI is InChI=1S/C22H17ClN2O3/c23-18-9-3-1-6-16(18)14-25-19-10-4-2-8-17(19)22(28,21(25)27)12-20(26)15-7-5-11-24-13-15/h1-11,13,28H,12,14H2/t22-/m0/s1. The average molecular weight is 393 g/mol. The molecule has 5 nitrogen and oxygen atoms in total. The van der Waals surface area contributed by atoms with Gasteiger partial charge in [-0.15, -0.1) is 0 Å². The number of ketones is 1. The van der Waals surface area contributed by atoms with Gasteiger partial charge in [0.25, 0.3) is 5.91 Å². The van der Waals surface area contributed by atoms with Gasteiger partial charge in [0.2, 0.25) is 0 Å². The van der Waals surface area contributed by atoms with Gasteiger partial charge < -0.3 is 10.0 Å². The SMILES string of the molecule is O=C(C[C@@]1(O)C(=O)N(Cc2ccccc2Cl)c2ccccc21)c1cccnc1. The van der Waals surface area contributed by atoms with Gasteiger partial charge >= 0.3 is 0 Å². The van der Waals surface area contributed by atoms with Crippen molar-refractivity contribution in [2.24, 2.45) is 0 Å². The number of Topliss-reactive ketones (excluding diaryl/α,β-unsaturated/α-hetero) is 1. The summed E-state index contributed by atoms with van der Waals surface area (Å²) in [5.74, 6) is -0.885. The number of hydrogen-bond donors (Lipinski definition) is 1. The van der Waals surface area contributed by atoms with Gasteiger partial charge in [-0.25, -0.2) is 0 Å². The van der Waals surface area contributed by atoms with Crippen LogP contribution in [-0.4, -0.2) is 21.8 Å². The Morgan fingerprint density at radius 3 is 2.57 bits per heavy atom. The third kappa shape index (κ3) is 3.09. The number of hydrogen-bond acceptors (Lipinski definition) is 4. The third-order valence-corrected chi connectivity index (χ3v) is 5.29. The van der Waals surface area contributed by atoms with Crippen LogP contribution in [0.5, 0.6) is 0 Å². The van der Waals surface area contributed by atoms with Crippen molar-refractivity contribution >= 4 is 29.0 Å². The topological polar surface area (TPSA) is 70.5 Å². The number of halogens is 1. The first-order valence-corrected chi connectivity index (χ1v) is 9.19. The number of para-hydroxylation sites is 1. The first-order chi connectivity index (χ1) is 13.5. The highest BCUT2D eigenvalue weighted by atomic mass is 35.5. The van der Waals surface area contributed by atoms with Crippen LogP contribution in [0.15, 0.2) is 73.1 Å². The molecule has 6 heteroatoms. The van der Waals surface area contributed by atoms with Crippen molar-refractivity contribution < 1.29 is 14.7 Å². The van der Waals surface area contributed by atoms with Crippen molar-refractivity contribution in [1.82, 2.24) is 4.98 Å². The smallest absolute Gasteiger partial charge is 0.264 e. The summed E-state index contributed by atoms with van der Waals surface area (Å²) in [6.45, 7) is 0.207. The van der Waals surface area contributed by atoms with Crippen LogP contribution in [-0.2, 0) is 16.9 Å². The van der Waals surface area contributed by atoms with E-state index in [-0.39, 0.29) is 18.7 Å². The monoisotopic (exact) mass is 392 g/mol. The Bertz CT molecular complexity index is 1050. The van der Waals surface area contributed by atoms with Crippen LogP contribution >= 0.6 is 11.6 Å². The zero-order valence-electron chi connectivity index (χ0n) is 14.9. The zero-order chi connectivity index (χ0) is 19.7. The summed E-state index contributed by atoms with van der Waals surface area (Å²) in [6, 6.07) is 17.5. The molecular weight excluding hydrogens is 376 g/mol. The first kappa shape index (κ1) is 18.3. The molecule has 0 saturated heterocycles. The number of anilines is 1. The molecule has 2 heterocycles. The minimum absolute atomic E-state index is 0.207. The van der Waals surface area contributed by atoms with E-state index >= 15 is 0 Å². The molecule has 0 unspecified atom stereocenters. The summed E-state index contributed by atoms with van der Waals surface area (Å²) < 4.78 is 0. The fourth-order valence-electron chi connectivity index (χ4n) is 3.49. The zero-order valence-corrected chi connectivity index (χ0v) is 15.6. The van der Waals surface area contributed by atoms with E-state index in [4.69, 9.17) is 11.6 Å². The molecule has 3 aromatic rings. The predicted molar refractivity (Wildman–Crippen MR) is 106 cm³/mol. The fourth-order valence-corrected chi connectivity index (χ4v) is 3.69. The Balaban J connectivity index is 1.70. The molecule has 0 radical (unpaired) electrons. The molecule has 2 aromatic carbocycles. The molecule has 1 aliphatic heterocycles. The van der Waals surface area contributed by atoms with E-state index in [0.717, 1.165) is 5.56 Å². The summed E-state index contributed by atoms with van der Waals surface area (Å²) in [7, 11) is 0. The Labute approximate surface area is 167 Å². The largest absolute Gasteiger partial charge is 0.375 e. The van der Waals surface area contributed by atoms with E-state index in [2.05, 4.69) is 4.98 Å². The van der Waals surface area contributed by atoms with E-state index < -0.39 is 11.5 Å². The Morgan fingerprint density at radius 1 is 1.07 bits per heavy atom. The summed E-state index contributed by atoms with van der Waals surface area (Å²) in [4.78, 5) is 31.3. The Morgan fingerprint density at radius 2 is 1.82 bits per heavy atom. The van der Waals surface area contributed by atoms with Crippen LogP contribution in [0.3, 0.4) is 0 Å². The maximum atomic E-state index is 13.2. The lowest BCUT2D eigenvalue weighted by atomic mass is 9.88. The number of pyridine rings is 1. The van der Waals surface area contributed by atoms with Gasteiger partial charge in [0.15, 0.2) is 11.4 Å². The highest BCUT2D eigenvalue weighted by molar-refractivity contribution is 6.31. The molecule has 0 aliphatic carbocycles. The maximum absolute atomic E-state index is 13.2. The van der Waals surface area contributed by atoms with Crippen molar-refractivity contribution in [2.75, 3.05) is 4.90 Å². The molecule has 1 aromatic heterocycles. The number of aliphatic hydroxyl groups is 1. The average Bonchev–Trinajstić information content (AvgIpc) is 2.92. The van der Waals surface area contributed by atoms with E-state index in [1.807, 2.05) is 18.2 Å². The molecule has 0 fully saturated rings. The van der Waals surface area contributed by atoms with E-state index in [0.29, 0.717) is 21.8 Å². The highest BCUT2D eigenvalue weighted by Gasteiger charge is 2.50. The van der Waals surface area contributed by atoms with Crippen molar-refractivity contribution in [3.8, 4) is 0 Å². The lowest BCUT2D eigenvalue weighted by Gasteiger charge is -2.23. The molecule has 1 N–H and O–H groups in total. The molecule has 0 spiro atoms. The summed E-state index contributed by atoms with van der Waals surface area (Å²) >= 11 is 6.25. The molecule has 0 saturated carbocycles. The van der Waals surface area contributed by atoms with Gasteiger partial charge in [-0.3, -0.25) is 14.6 Å². The third-order valence-electron chi connectivity index (χ3n) is 4.93. The van der Waals surface area contributed by atoms with Crippen molar-refractivity contribution in [3.05, 3.63) is 94.8 Å². The number of amides is 1. The van der Waals surface area contributed by atoms with Gasteiger partial charge in [0.1, 0.15) is 0 Å². The number of benzene rings is 2. The number of carbonyl (C=O) groups excluding carboxylic acids is 2. The van der Waals surface area contributed by atoms with E-state index in [1.165, 1.54) is 11.1 Å². The molecule has 1 amide bonds. The molecule has 140 valence electrons. The van der Waals surface area contributed by atoms with Crippen LogP contribution in [0, 0.1) is 0 Å². The number of nitrogens with zero attached hydrogens (tertiary/aromatic N) is 2. The summed E-state index contributed by atoms with van der Waals surface area (Å²) in [5, 5.41) is 11.8. The van der Waals surface area contributed by atoms with Gasteiger partial charge in [-0.1, -0.05) is 48.0 Å². The van der Waals surface area contributed by atoms with E-state index in [9.17, 15) is 14.7 Å². The number of carbonyl (C=O) groups is 2. The van der Waals surface area contributed by atoms with Gasteiger partial charge in [-0.2, -0.15) is 0 Å². The normalized spacial score (nSPS) is 18.2. The van der Waals surface area contributed by atoms with Gasteiger partial charge in [0, 0.05) is 28.5 Å². The van der Waals surface area contributed by atoms with Crippen molar-refractivity contribution in [1.29, 1.82) is 0 Å². The van der Waals surface area contributed by atoms with Crippen LogP contribution < -0.4 is 4.90 Å².